The van der Waals surface area contributed by atoms with Crippen LogP contribution >= 0.6 is 0 Å². The van der Waals surface area contributed by atoms with Gasteiger partial charge in [0.05, 0.1) is 11.4 Å². The van der Waals surface area contributed by atoms with Gasteiger partial charge in [-0.15, -0.1) is 0 Å². The normalized spacial score (nSPS) is 11.4. The van der Waals surface area contributed by atoms with E-state index in [-0.39, 0.29) is 0 Å². The van der Waals surface area contributed by atoms with Crippen LogP contribution in [0.4, 0.5) is 0 Å². The van der Waals surface area contributed by atoms with Crippen LogP contribution in [0.5, 0.6) is 0 Å². The van der Waals surface area contributed by atoms with Crippen LogP contribution in [0, 0.1) is 0 Å². The third kappa shape index (κ3) is 6.70. The van der Waals surface area contributed by atoms with Crippen molar-refractivity contribution in [2.45, 2.75) is 0 Å². The standard InChI is InChI=1S/C62H40N2/c1-3-15-48(16-4-1)60-55-22-12-11-21-54(55)59(56-38-37-45-14-9-10-20-53(45)61(56)60)49-34-27-43(28-35-49)42-23-30-46(31-24-42)57-40-58(64-62(63-57)50-17-5-2-6-18-50)47-32-25-44(26-33-47)52-36-29-41-13-7-8-19-51(41)39-52/h1-40H. The fourth-order valence-corrected chi connectivity index (χ4v) is 9.49. The van der Waals surface area contributed by atoms with E-state index in [2.05, 4.69) is 224 Å². The van der Waals surface area contributed by atoms with Crippen molar-refractivity contribution in [3.63, 3.8) is 0 Å². The summed E-state index contributed by atoms with van der Waals surface area (Å²) in [4.78, 5) is 10.2. The summed E-state index contributed by atoms with van der Waals surface area (Å²) >= 11 is 0. The van der Waals surface area contributed by atoms with Gasteiger partial charge < -0.3 is 0 Å². The SMILES string of the molecule is c1ccc(-c2nc(-c3ccc(-c4ccc(-c5c6ccccc6c(-c6ccccc6)c6c5ccc5ccccc56)cc4)cc3)cc(-c3ccc(-c4ccc5ccccc5c4)cc3)n2)cc1. The molecule has 0 amide bonds. The van der Waals surface area contributed by atoms with Gasteiger partial charge in [0.2, 0.25) is 0 Å². The number of benzene rings is 11. The maximum atomic E-state index is 5.12. The number of nitrogens with zero attached hydrogens (tertiary/aromatic N) is 2. The minimum Gasteiger partial charge on any atom is -0.228 e. The number of hydrogen-bond acceptors (Lipinski definition) is 2. The minimum absolute atomic E-state index is 0.705. The van der Waals surface area contributed by atoms with Gasteiger partial charge in [-0.2, -0.15) is 0 Å². The van der Waals surface area contributed by atoms with E-state index in [4.69, 9.17) is 9.97 Å². The van der Waals surface area contributed by atoms with E-state index in [1.165, 1.54) is 76.5 Å². The van der Waals surface area contributed by atoms with Crippen LogP contribution in [-0.4, -0.2) is 9.97 Å². The zero-order valence-electron chi connectivity index (χ0n) is 35.0. The molecule has 12 aromatic rings. The van der Waals surface area contributed by atoms with Crippen LogP contribution in [0.25, 0.3) is 122 Å². The molecule has 2 nitrogen and oxygen atoms in total. The smallest absolute Gasteiger partial charge is 0.160 e. The van der Waals surface area contributed by atoms with Gasteiger partial charge in [-0.25, -0.2) is 9.97 Å². The van der Waals surface area contributed by atoms with Gasteiger partial charge in [-0.3, -0.25) is 0 Å². The molecule has 0 atom stereocenters. The molecule has 1 aromatic heterocycles. The Morgan fingerprint density at radius 2 is 0.641 bits per heavy atom. The summed E-state index contributed by atoms with van der Waals surface area (Å²) in [5, 5.41) is 10.1. The monoisotopic (exact) mass is 812 g/mol. The molecule has 0 aliphatic heterocycles. The number of fused-ring (bicyclic) bond motifs is 5. The van der Waals surface area contributed by atoms with Gasteiger partial charge in [0.15, 0.2) is 5.82 Å². The van der Waals surface area contributed by atoms with Crippen molar-refractivity contribution in [3.05, 3.63) is 243 Å². The second-order valence-electron chi connectivity index (χ2n) is 16.5. The molecule has 0 radical (unpaired) electrons. The Morgan fingerprint density at radius 3 is 1.27 bits per heavy atom. The molecular weight excluding hydrogens is 773 g/mol. The fraction of sp³-hybridized carbons (Fsp3) is 0. The number of hydrogen-bond donors (Lipinski definition) is 0. The van der Waals surface area contributed by atoms with E-state index < -0.39 is 0 Å². The fourth-order valence-electron chi connectivity index (χ4n) is 9.49. The topological polar surface area (TPSA) is 25.8 Å². The molecule has 298 valence electrons. The molecule has 2 heteroatoms. The Bertz CT molecular complexity index is 3670. The Morgan fingerprint density at radius 1 is 0.219 bits per heavy atom. The second kappa shape index (κ2) is 15.8. The molecule has 0 saturated carbocycles. The third-order valence-corrected chi connectivity index (χ3v) is 12.7. The summed E-state index contributed by atoms with van der Waals surface area (Å²) in [5.41, 5.74) is 14.5. The molecule has 0 saturated heterocycles. The highest BCUT2D eigenvalue weighted by Crippen LogP contribution is 2.46. The summed E-state index contributed by atoms with van der Waals surface area (Å²) < 4.78 is 0. The van der Waals surface area contributed by atoms with Gasteiger partial charge in [0.1, 0.15) is 0 Å². The van der Waals surface area contributed by atoms with Crippen molar-refractivity contribution in [2.24, 2.45) is 0 Å². The molecule has 12 rings (SSSR count). The second-order valence-corrected chi connectivity index (χ2v) is 16.5. The first kappa shape index (κ1) is 37.3. The molecule has 64 heavy (non-hydrogen) atoms. The Labute approximate surface area is 372 Å². The van der Waals surface area contributed by atoms with Gasteiger partial charge in [-0.05, 0) is 99.7 Å². The molecule has 0 N–H and O–H groups in total. The Kier molecular flexibility index (Phi) is 9.20. The molecule has 11 aromatic carbocycles. The van der Waals surface area contributed by atoms with E-state index in [0.29, 0.717) is 5.82 Å². The average molecular weight is 813 g/mol. The van der Waals surface area contributed by atoms with E-state index in [1.807, 2.05) is 18.2 Å². The molecule has 0 unspecified atom stereocenters. The summed E-state index contributed by atoms with van der Waals surface area (Å²) in [6, 6.07) is 87.2. The molecular formula is C62H40N2. The first-order chi connectivity index (χ1) is 31.7. The lowest BCUT2D eigenvalue weighted by Gasteiger charge is -2.19. The van der Waals surface area contributed by atoms with E-state index in [9.17, 15) is 0 Å². The summed E-state index contributed by atoms with van der Waals surface area (Å²) in [6.07, 6.45) is 0. The predicted octanol–water partition coefficient (Wildman–Crippen LogP) is 16.8. The van der Waals surface area contributed by atoms with Gasteiger partial charge >= 0.3 is 0 Å². The Balaban J connectivity index is 0.901. The lowest BCUT2D eigenvalue weighted by Crippen LogP contribution is -1.96. The van der Waals surface area contributed by atoms with Crippen molar-refractivity contribution < 1.29 is 0 Å². The van der Waals surface area contributed by atoms with E-state index in [1.54, 1.807) is 0 Å². The van der Waals surface area contributed by atoms with Crippen molar-refractivity contribution in [1.82, 2.24) is 9.97 Å². The van der Waals surface area contributed by atoms with E-state index >= 15 is 0 Å². The van der Waals surface area contributed by atoms with Crippen molar-refractivity contribution in [1.29, 1.82) is 0 Å². The summed E-state index contributed by atoms with van der Waals surface area (Å²) in [7, 11) is 0. The lowest BCUT2D eigenvalue weighted by molar-refractivity contribution is 1.18. The van der Waals surface area contributed by atoms with Crippen LogP contribution in [0.15, 0.2) is 243 Å². The van der Waals surface area contributed by atoms with Crippen LogP contribution in [0.2, 0.25) is 0 Å². The van der Waals surface area contributed by atoms with Crippen molar-refractivity contribution >= 4 is 43.1 Å². The first-order valence-electron chi connectivity index (χ1n) is 21.9. The summed E-state index contributed by atoms with van der Waals surface area (Å²) in [6.45, 7) is 0. The average Bonchev–Trinajstić information content (AvgIpc) is 3.38. The third-order valence-electron chi connectivity index (χ3n) is 12.7. The number of rotatable bonds is 7. The minimum atomic E-state index is 0.705. The number of aromatic nitrogens is 2. The maximum absolute atomic E-state index is 5.12. The lowest BCUT2D eigenvalue weighted by atomic mass is 9.84. The zero-order valence-corrected chi connectivity index (χ0v) is 35.0. The largest absolute Gasteiger partial charge is 0.228 e. The van der Waals surface area contributed by atoms with E-state index in [0.717, 1.165) is 39.2 Å². The molecule has 0 bridgehead atoms. The Hall–Kier alpha value is -8.46. The zero-order chi connectivity index (χ0) is 42.4. The van der Waals surface area contributed by atoms with Crippen molar-refractivity contribution in [3.8, 4) is 78.4 Å². The molecule has 0 aliphatic rings. The predicted molar refractivity (Wildman–Crippen MR) is 270 cm³/mol. The maximum Gasteiger partial charge on any atom is 0.160 e. The highest BCUT2D eigenvalue weighted by Gasteiger charge is 2.19. The van der Waals surface area contributed by atoms with Crippen LogP contribution < -0.4 is 0 Å². The molecule has 1 heterocycles. The quantitative estimate of drug-likeness (QED) is 0.118. The van der Waals surface area contributed by atoms with Crippen LogP contribution in [0.1, 0.15) is 0 Å². The molecule has 0 fully saturated rings. The molecule has 0 aliphatic carbocycles. The van der Waals surface area contributed by atoms with Gasteiger partial charge in [0.25, 0.3) is 0 Å². The molecule has 0 spiro atoms. The highest BCUT2D eigenvalue weighted by molar-refractivity contribution is 6.27. The highest BCUT2D eigenvalue weighted by atomic mass is 14.9. The van der Waals surface area contributed by atoms with Crippen LogP contribution in [-0.2, 0) is 0 Å². The van der Waals surface area contributed by atoms with Crippen LogP contribution in [0.3, 0.4) is 0 Å². The first-order valence-corrected chi connectivity index (χ1v) is 21.9. The van der Waals surface area contributed by atoms with Crippen molar-refractivity contribution in [2.75, 3.05) is 0 Å². The van der Waals surface area contributed by atoms with Gasteiger partial charge in [-0.1, -0.05) is 231 Å². The summed E-state index contributed by atoms with van der Waals surface area (Å²) in [5.74, 6) is 0.705. The van der Waals surface area contributed by atoms with Gasteiger partial charge in [0, 0.05) is 16.7 Å².